The Hall–Kier alpha value is -0.400. The topological polar surface area (TPSA) is 49.4 Å². The molecular weight excluding hydrogens is 127 g/mol. The molecule has 4 heteroatoms. The molecule has 0 N–H and O–H groups in total. The molecule has 3 nitrogen and oxygen atoms in total. The van der Waals surface area contributed by atoms with Gasteiger partial charge in [-0.1, -0.05) is 0 Å². The van der Waals surface area contributed by atoms with Gasteiger partial charge in [0.2, 0.25) is 0 Å². The number of carbonyl (C=O) groups is 1. The summed E-state index contributed by atoms with van der Waals surface area (Å²) in [7, 11) is -0.369. The van der Waals surface area contributed by atoms with Gasteiger partial charge in [-0.3, -0.25) is 0 Å². The quantitative estimate of drug-likeness (QED) is 0.372. The fraction of sp³-hybridized carbons (Fsp3) is 0.500. The molecule has 0 radical (unpaired) electrons. The summed E-state index contributed by atoms with van der Waals surface area (Å²) >= 11 is 0. The van der Waals surface area contributed by atoms with Gasteiger partial charge in [-0.2, -0.15) is 0 Å². The average molecular weight is 134 g/mol. The summed E-state index contributed by atoms with van der Waals surface area (Å²) in [5, 5.41) is 0. The minimum Gasteiger partial charge on any atom is -0.630 e. The largest absolute Gasteiger partial charge is 0.630 e. The first-order valence-corrected chi connectivity index (χ1v) is 3.62. The van der Waals surface area contributed by atoms with Crippen LogP contribution < -0.4 is 4.89 Å². The van der Waals surface area contributed by atoms with E-state index in [0.717, 1.165) is 0 Å². The van der Waals surface area contributed by atoms with Crippen molar-refractivity contribution in [1.82, 2.24) is 0 Å². The van der Waals surface area contributed by atoms with Gasteiger partial charge in [-0.05, 0) is 0 Å². The van der Waals surface area contributed by atoms with Crippen LogP contribution in [0.4, 0.5) is 0 Å². The molecule has 0 aliphatic carbocycles. The lowest BCUT2D eigenvalue weighted by Crippen LogP contribution is -2.06. The van der Waals surface area contributed by atoms with Crippen LogP contribution in [0.15, 0.2) is 0 Å². The molecular formula is C4H7O3P. The van der Waals surface area contributed by atoms with Crippen molar-refractivity contribution < 1.29 is 14.4 Å². The molecule has 0 aliphatic rings. The molecule has 0 heterocycles. The molecule has 1 atom stereocenters. The summed E-state index contributed by atoms with van der Waals surface area (Å²) in [6.45, 7) is 0. The highest BCUT2D eigenvalue weighted by atomic mass is 31.1. The second-order valence-electron chi connectivity index (χ2n) is 1.22. The molecule has 0 aromatic heterocycles. The van der Waals surface area contributed by atoms with E-state index in [-0.39, 0.29) is 6.16 Å². The van der Waals surface area contributed by atoms with Crippen molar-refractivity contribution in [2.45, 2.75) is 0 Å². The molecule has 0 saturated heterocycles. The summed E-state index contributed by atoms with van der Waals surface area (Å²) in [6.07, 6.45) is 3.06. The zero-order chi connectivity index (χ0) is 6.57. The number of rotatable bonds is 2. The molecule has 1 unspecified atom stereocenters. The summed E-state index contributed by atoms with van der Waals surface area (Å²) in [5.41, 5.74) is 0. The van der Waals surface area contributed by atoms with E-state index in [4.69, 9.17) is 0 Å². The van der Waals surface area contributed by atoms with Crippen molar-refractivity contribution in [3.05, 3.63) is 0 Å². The highest BCUT2D eigenvalue weighted by Gasteiger charge is 2.02. The van der Waals surface area contributed by atoms with Crippen LogP contribution in [-0.2, 0) is 9.53 Å². The van der Waals surface area contributed by atoms with Gasteiger partial charge in [0, 0.05) is 0 Å². The van der Waals surface area contributed by atoms with E-state index in [2.05, 4.69) is 11.0 Å². The molecule has 0 fully saturated rings. The molecule has 0 amide bonds. The zero-order valence-corrected chi connectivity index (χ0v) is 5.48. The van der Waals surface area contributed by atoms with Crippen LogP contribution in [0.25, 0.3) is 0 Å². The Balaban J connectivity index is 3.40. The minimum absolute atomic E-state index is 0.0775. The number of ether oxygens (including phenoxy) is 1. The Labute approximate surface area is 48.7 Å². The third-order valence-electron chi connectivity index (χ3n) is 0.533. The number of esters is 1. The fourth-order valence-corrected chi connectivity index (χ4v) is 0.626. The Morgan fingerprint density at radius 2 is 2.50 bits per heavy atom. The SMILES string of the molecule is C=[P+]([O-])CC(=O)OC. The van der Waals surface area contributed by atoms with E-state index in [1.54, 1.807) is 0 Å². The van der Waals surface area contributed by atoms with Gasteiger partial charge in [0.25, 0.3) is 0 Å². The monoisotopic (exact) mass is 134 g/mol. The Kier molecular flexibility index (Phi) is 3.40. The van der Waals surface area contributed by atoms with Crippen molar-refractivity contribution in [3.8, 4) is 0 Å². The van der Waals surface area contributed by atoms with Crippen LogP contribution in [0.3, 0.4) is 0 Å². The number of hydrogen-bond acceptors (Lipinski definition) is 3. The van der Waals surface area contributed by atoms with Gasteiger partial charge in [-0.25, -0.2) is 4.79 Å². The summed E-state index contributed by atoms with van der Waals surface area (Å²) in [5.74, 6) is -0.471. The van der Waals surface area contributed by atoms with E-state index in [0.29, 0.717) is 0 Å². The average Bonchev–Trinajstić information content (AvgIpc) is 1.65. The Morgan fingerprint density at radius 1 is 2.00 bits per heavy atom. The van der Waals surface area contributed by atoms with Gasteiger partial charge in [0.1, 0.15) is 0 Å². The van der Waals surface area contributed by atoms with Crippen molar-refractivity contribution in [3.63, 3.8) is 0 Å². The van der Waals surface area contributed by atoms with Gasteiger partial charge < -0.3 is 9.63 Å². The van der Waals surface area contributed by atoms with E-state index in [1.165, 1.54) is 7.11 Å². The predicted molar refractivity (Wildman–Crippen MR) is 30.9 cm³/mol. The summed E-state index contributed by atoms with van der Waals surface area (Å²) in [4.78, 5) is 20.3. The van der Waals surface area contributed by atoms with Gasteiger partial charge >= 0.3 is 5.97 Å². The van der Waals surface area contributed by atoms with Crippen molar-refractivity contribution >= 4 is 20.0 Å². The third-order valence-corrected chi connectivity index (χ3v) is 1.14. The van der Waals surface area contributed by atoms with Crippen LogP contribution in [0.1, 0.15) is 0 Å². The normalized spacial score (nSPS) is 10.5. The van der Waals surface area contributed by atoms with Crippen LogP contribution in [0, 0.1) is 0 Å². The lowest BCUT2D eigenvalue weighted by molar-refractivity contribution is -0.155. The Morgan fingerprint density at radius 3 is 2.62 bits per heavy atom. The first-order valence-electron chi connectivity index (χ1n) is 1.99. The maximum Gasteiger partial charge on any atom is 0.350 e. The third kappa shape index (κ3) is 3.78. The van der Waals surface area contributed by atoms with Gasteiger partial charge in [0.05, 0.1) is 21.2 Å². The van der Waals surface area contributed by atoms with Crippen molar-refractivity contribution in [2.75, 3.05) is 13.3 Å². The lowest BCUT2D eigenvalue weighted by Gasteiger charge is -1.92. The molecule has 0 aromatic rings. The summed E-state index contributed by atoms with van der Waals surface area (Å²) < 4.78 is 4.20. The molecule has 46 valence electrons. The maximum atomic E-state index is 10.2. The first-order chi connectivity index (χ1) is 3.66. The van der Waals surface area contributed by atoms with E-state index in [9.17, 15) is 9.69 Å². The zero-order valence-electron chi connectivity index (χ0n) is 4.59. The van der Waals surface area contributed by atoms with Crippen molar-refractivity contribution in [1.29, 1.82) is 0 Å². The smallest absolute Gasteiger partial charge is 0.350 e. The second-order valence-corrected chi connectivity index (χ2v) is 2.50. The van der Waals surface area contributed by atoms with Crippen LogP contribution >= 0.6 is 7.77 Å². The lowest BCUT2D eigenvalue weighted by atomic mass is 10.8. The molecule has 0 spiro atoms. The number of hydrogen-bond donors (Lipinski definition) is 0. The highest BCUT2D eigenvalue weighted by molar-refractivity contribution is 7.49. The molecule has 0 aliphatic heterocycles. The van der Waals surface area contributed by atoms with Gasteiger partial charge in [0.15, 0.2) is 6.16 Å². The molecule has 8 heavy (non-hydrogen) atoms. The van der Waals surface area contributed by atoms with E-state index in [1.807, 2.05) is 0 Å². The first kappa shape index (κ1) is 7.60. The highest BCUT2D eigenvalue weighted by Crippen LogP contribution is 2.03. The van der Waals surface area contributed by atoms with Crippen molar-refractivity contribution in [2.24, 2.45) is 0 Å². The van der Waals surface area contributed by atoms with Crippen LogP contribution in [0.2, 0.25) is 0 Å². The molecule has 0 saturated carbocycles. The van der Waals surface area contributed by atoms with Gasteiger partial charge in [-0.15, -0.1) is 0 Å². The van der Waals surface area contributed by atoms with Crippen LogP contribution in [0.5, 0.6) is 0 Å². The molecule has 0 aromatic carbocycles. The van der Waals surface area contributed by atoms with E-state index >= 15 is 0 Å². The number of carbonyl (C=O) groups excluding carboxylic acids is 1. The second kappa shape index (κ2) is 3.58. The predicted octanol–water partition coefficient (Wildman–Crippen LogP) is -0.651. The van der Waals surface area contributed by atoms with Crippen LogP contribution in [-0.4, -0.2) is 25.5 Å². The maximum absolute atomic E-state index is 10.2. The molecule has 0 rings (SSSR count). The fourth-order valence-electron chi connectivity index (χ4n) is 0.209. The summed E-state index contributed by atoms with van der Waals surface area (Å²) in [6, 6.07) is 0. The minimum atomic E-state index is -1.62. The standard InChI is InChI=1S/C4H7O3P/c1-7-4(5)3-8(2)6/h2-3H2,1H3. The Bertz CT molecular complexity index is 110. The number of methoxy groups -OCH3 is 1. The van der Waals surface area contributed by atoms with E-state index < -0.39 is 13.7 Å². The molecule has 0 bridgehead atoms.